The highest BCUT2D eigenvalue weighted by molar-refractivity contribution is 7.91. The van der Waals surface area contributed by atoms with Gasteiger partial charge in [0.25, 0.3) is 27.8 Å². The van der Waals surface area contributed by atoms with E-state index in [-0.39, 0.29) is 100 Å². The number of guanidine groups is 3. The van der Waals surface area contributed by atoms with Crippen LogP contribution >= 0.6 is 0 Å². The van der Waals surface area contributed by atoms with Gasteiger partial charge in [-0.2, -0.15) is 42.6 Å². The fraction of sp³-hybridized carbons (Fsp3) is 0.0921. The van der Waals surface area contributed by atoms with Crippen molar-refractivity contribution < 1.29 is 122 Å². The summed E-state index contributed by atoms with van der Waals surface area (Å²) in [5.74, 6) is -14.6. The molecule has 0 aromatic heterocycles. The predicted molar refractivity (Wildman–Crippen MR) is 406 cm³/mol. The molecule has 40 heteroatoms. The number of ether oxygens (including phenoxy) is 3. The second-order valence-electron chi connectivity index (χ2n) is 23.7. The first-order valence-electron chi connectivity index (χ1n) is 32.2. The molecule has 0 atom stereocenters. The van der Waals surface area contributed by atoms with E-state index in [4.69, 9.17) is 77.5 Å². The number of carbonyl (C=O) groups is 4. The van der Waals surface area contributed by atoms with Crippen molar-refractivity contribution in [2.45, 2.75) is 64.5 Å². The lowest BCUT2D eigenvalue weighted by Crippen LogP contribution is -2.24. The smallest absolute Gasteiger partial charge is 0.373 e. The maximum absolute atomic E-state index is 14.6. The summed E-state index contributed by atoms with van der Waals surface area (Å²) in [6.07, 6.45) is 4.09. The van der Waals surface area contributed by atoms with E-state index in [2.05, 4.69) is 15.0 Å². The van der Waals surface area contributed by atoms with Gasteiger partial charge in [0.1, 0.15) is 17.2 Å². The van der Waals surface area contributed by atoms with Crippen molar-refractivity contribution in [1.82, 2.24) is 0 Å². The molecule has 0 aliphatic heterocycles. The average molecular weight is 1680 g/mol. The molecule has 0 aliphatic carbocycles. The normalized spacial score (nSPS) is 11.4. The molecule has 30 nitrogen and oxygen atoms in total. The van der Waals surface area contributed by atoms with E-state index in [0.717, 1.165) is 66.2 Å². The molecule has 0 spiro atoms. The van der Waals surface area contributed by atoms with Crippen LogP contribution in [0.25, 0.3) is 18.2 Å². The molecular formula is C76H65F6N9O21S4. The van der Waals surface area contributed by atoms with Gasteiger partial charge in [0.15, 0.2) is 99.5 Å². The molecule has 3 amide bonds. The van der Waals surface area contributed by atoms with E-state index in [1.165, 1.54) is 136 Å². The number of nitrogens with two attached hydrogens (primary N) is 6. The number of carboxylic acid groups (broad SMARTS) is 1. The third kappa shape index (κ3) is 28.6. The van der Waals surface area contributed by atoms with Gasteiger partial charge in [-0.25, -0.2) is 56.4 Å². The molecular weight excluding hydrogens is 1620 g/mol. The lowest BCUT2D eigenvalue weighted by molar-refractivity contribution is -0.193. The van der Waals surface area contributed by atoms with Crippen LogP contribution in [0.5, 0.6) is 34.5 Å². The molecule has 0 radical (unpaired) electrons. The summed E-state index contributed by atoms with van der Waals surface area (Å²) < 4.78 is 211. The van der Waals surface area contributed by atoms with Crippen molar-refractivity contribution in [3.63, 3.8) is 0 Å². The largest absolute Gasteiger partial charge is 0.478 e. The Morgan fingerprint density at radius 1 is 0.388 bits per heavy atom. The van der Waals surface area contributed by atoms with Crippen LogP contribution in [-0.2, 0) is 90.5 Å². The first kappa shape index (κ1) is 92.6. The molecule has 0 saturated heterocycles. The second kappa shape index (κ2) is 41.5. The molecule has 9 aromatic carbocycles. The number of aliphatic imine (C=N–C) groups is 3. The second-order valence-corrected chi connectivity index (χ2v) is 31.1. The summed E-state index contributed by atoms with van der Waals surface area (Å²) in [7, 11) is -15.9. The number of carboxylic acids is 1. The third-order valence-electron chi connectivity index (χ3n) is 14.7. The van der Waals surface area contributed by atoms with Gasteiger partial charge in [-0.15, -0.1) is 0 Å². The van der Waals surface area contributed by atoms with Crippen LogP contribution in [0.1, 0.15) is 70.1 Å². The van der Waals surface area contributed by atoms with E-state index in [9.17, 15) is 79.2 Å². The zero-order chi connectivity index (χ0) is 86.7. The number of nitrogens with zero attached hydrogens (tertiary/aromatic N) is 3. The summed E-state index contributed by atoms with van der Waals surface area (Å²) in [6.45, 7) is 6.02. The number of hydrogen-bond donors (Lipinski definition) is 8. The molecule has 0 unspecified atom stereocenters. The fourth-order valence-corrected chi connectivity index (χ4v) is 14.1. The monoisotopic (exact) mass is 1680 g/mol. The standard InChI is InChI=1S/C25H21F2N3O6S.C25H23F2N3O4S.C24H21F2N3O7S2.2CO2/c1-14(23(31)30-25(28)29)9-16-11-20(26)22(21(27)12-16)36-18-5-7-19(8-6-18)37(34,35)13-15-3-2-4-17(10-15)24(32)33;1-15-3-5-17(6-4-15)14-35(32,33)20-9-7-19(8-10-20)34-23-21(26)12-18(13-22(23)27)11-16(2)24(31)30-25(28)29;1-14(23(30)29-24(27)28)9-16-11-20(25)22(21(26)12-16)36-17-5-7-18(8-6-17)37(31,32)13-15-3-2-4-19(10-15)38(33,34)35;2*2-1-3/h2-12H,13H2,1H3,(H,32,33)(H4,28,29,30,31);3-13H,14H2,1-2H3,(H4,28,29,30,31);2-12H,13H2,1H3,(H,33,34,35)(H4,27,28,29,30);;/b14-9+;16-11+;14-9+;;. The Kier molecular flexibility index (Phi) is 33.1. The van der Waals surface area contributed by atoms with Crippen molar-refractivity contribution in [2.75, 3.05) is 0 Å². The van der Waals surface area contributed by atoms with Crippen molar-refractivity contribution in [3.8, 4) is 34.5 Å². The summed E-state index contributed by atoms with van der Waals surface area (Å²) in [6, 6.07) is 38.0. The van der Waals surface area contributed by atoms with Gasteiger partial charge < -0.3 is 53.7 Å². The minimum Gasteiger partial charge on any atom is -0.478 e. The summed E-state index contributed by atoms with van der Waals surface area (Å²) in [4.78, 5) is 88.3. The molecule has 14 N–H and O–H groups in total. The van der Waals surface area contributed by atoms with Gasteiger partial charge in [0.2, 0.25) is 0 Å². The molecule has 0 bridgehead atoms. The third-order valence-corrected chi connectivity index (χ3v) is 20.6. The lowest BCUT2D eigenvalue weighted by Gasteiger charge is -2.10. The number of sulfone groups is 3. The zero-order valence-electron chi connectivity index (χ0n) is 60.5. The van der Waals surface area contributed by atoms with Crippen LogP contribution in [0.15, 0.2) is 233 Å². The van der Waals surface area contributed by atoms with Crippen molar-refractivity contribution in [1.29, 1.82) is 0 Å². The van der Waals surface area contributed by atoms with Crippen LogP contribution in [-0.4, -0.2) is 97.2 Å². The number of aryl methyl sites for hydroxylation is 1. The van der Waals surface area contributed by atoms with Crippen molar-refractivity contribution in [2.24, 2.45) is 49.4 Å². The highest BCUT2D eigenvalue weighted by atomic mass is 32.2. The Hall–Kier alpha value is -14.0. The minimum absolute atomic E-state index is 0.00324. The number of rotatable bonds is 23. The number of amides is 3. The molecule has 116 heavy (non-hydrogen) atoms. The first-order chi connectivity index (χ1) is 54.3. The molecule has 606 valence electrons. The van der Waals surface area contributed by atoms with Crippen molar-refractivity contribution in [3.05, 3.63) is 278 Å². The van der Waals surface area contributed by atoms with Crippen LogP contribution in [0.4, 0.5) is 26.3 Å². The highest BCUT2D eigenvalue weighted by Gasteiger charge is 2.24. The van der Waals surface area contributed by atoms with Crippen LogP contribution in [0, 0.1) is 41.8 Å². The van der Waals surface area contributed by atoms with E-state index in [1.54, 1.807) is 12.1 Å². The maximum Gasteiger partial charge on any atom is 0.373 e. The number of hydrogen-bond acceptors (Lipinski definition) is 19. The van der Waals surface area contributed by atoms with Gasteiger partial charge in [-0.05, 0) is 213 Å². The quantitative estimate of drug-likeness (QED) is 0.00970. The van der Waals surface area contributed by atoms with Crippen LogP contribution in [0.2, 0.25) is 0 Å². The molecule has 0 aliphatic rings. The van der Waals surface area contributed by atoms with Crippen molar-refractivity contribution >= 4 is 112 Å². The topological polar surface area (TPSA) is 534 Å². The predicted octanol–water partition coefficient (Wildman–Crippen LogP) is 9.89. The Bertz CT molecular complexity index is 5870. The van der Waals surface area contributed by atoms with Gasteiger partial charge in [-0.3, -0.25) is 18.9 Å². The molecule has 0 fully saturated rings. The number of benzene rings is 9. The number of aromatic carboxylic acids is 1. The van der Waals surface area contributed by atoms with E-state index < -0.39 is 150 Å². The zero-order valence-corrected chi connectivity index (χ0v) is 63.8. The first-order valence-corrected chi connectivity index (χ1v) is 38.6. The molecule has 9 rings (SSSR count). The molecule has 9 aromatic rings. The Labute approximate surface area is 657 Å². The van der Waals surface area contributed by atoms with E-state index >= 15 is 0 Å². The average Bonchev–Trinajstić information content (AvgIpc) is 0.817. The summed E-state index contributed by atoms with van der Waals surface area (Å²) in [5, 5.41) is 9.07. The Balaban J connectivity index is 0.000000300. The molecule has 0 heterocycles. The summed E-state index contributed by atoms with van der Waals surface area (Å²) >= 11 is 0. The molecule has 0 saturated carbocycles. The van der Waals surface area contributed by atoms with E-state index in [1.807, 2.05) is 19.1 Å². The Morgan fingerprint density at radius 2 is 0.655 bits per heavy atom. The van der Waals surface area contributed by atoms with Crippen LogP contribution < -0.4 is 48.6 Å². The minimum atomic E-state index is -4.51. The number of halogens is 6. The van der Waals surface area contributed by atoms with Gasteiger partial charge in [0.05, 0.1) is 42.4 Å². The summed E-state index contributed by atoms with van der Waals surface area (Å²) in [5.41, 5.74) is 33.1. The van der Waals surface area contributed by atoms with Crippen LogP contribution in [0.3, 0.4) is 0 Å². The fourth-order valence-electron chi connectivity index (χ4n) is 9.51. The van der Waals surface area contributed by atoms with E-state index in [0.29, 0.717) is 5.56 Å². The lowest BCUT2D eigenvalue weighted by atomic mass is 10.1. The Morgan fingerprint density at radius 3 is 0.922 bits per heavy atom. The SMILES string of the molecule is C/C(=C\c1cc(F)c(Oc2ccc(S(=O)(=O)Cc3ccc(C)cc3)cc2)c(F)c1)C(=O)N=C(N)N.C/C(=C\c1cc(F)c(Oc2ccc(S(=O)(=O)Cc3cccc(C(=O)O)c3)cc2)c(F)c1)C(=O)N=C(N)N.C/C(=C\c1cc(F)c(Oc2ccc(S(=O)(=O)Cc3cccc(S(=O)(=O)O)c3)cc2)c(F)c1)C(=O)N=C(N)N.O=C=O.O=C=O. The van der Waals surface area contributed by atoms with Gasteiger partial charge >= 0.3 is 18.3 Å². The van der Waals surface area contributed by atoms with Gasteiger partial charge in [-0.1, -0.05) is 54.1 Å². The maximum atomic E-state index is 14.6. The number of carbonyl (C=O) groups excluding carboxylic acids is 7. The highest BCUT2D eigenvalue weighted by Crippen LogP contribution is 2.35. The van der Waals surface area contributed by atoms with Gasteiger partial charge in [0, 0.05) is 16.7 Å².